The molecule has 0 N–H and O–H groups in total. The highest BCUT2D eigenvalue weighted by molar-refractivity contribution is 5.66. The van der Waals surface area contributed by atoms with Gasteiger partial charge < -0.3 is 14.2 Å². The maximum absolute atomic E-state index is 11.2. The Morgan fingerprint density at radius 3 is 2.50 bits per heavy atom. The highest BCUT2D eigenvalue weighted by atomic mass is 16.6. The molecule has 0 saturated carbocycles. The van der Waals surface area contributed by atoms with Crippen molar-refractivity contribution in [3.05, 3.63) is 43.2 Å². The van der Waals surface area contributed by atoms with Crippen molar-refractivity contribution in [1.82, 2.24) is 0 Å². The van der Waals surface area contributed by atoms with E-state index >= 15 is 0 Å². The maximum Gasteiger partial charge on any atom is 0.303 e. The molecular formula is C16H22O4. The number of ether oxygens (including phenoxy) is 3. The summed E-state index contributed by atoms with van der Waals surface area (Å²) in [5, 5.41) is 0. The van der Waals surface area contributed by atoms with Crippen LogP contribution >= 0.6 is 0 Å². The van der Waals surface area contributed by atoms with Crippen molar-refractivity contribution in [3.8, 4) is 5.75 Å². The molecule has 0 aliphatic heterocycles. The van der Waals surface area contributed by atoms with Crippen molar-refractivity contribution < 1.29 is 19.0 Å². The number of hydrogen-bond acceptors (Lipinski definition) is 4. The molecule has 0 radical (unpaired) electrons. The van der Waals surface area contributed by atoms with E-state index in [1.165, 1.54) is 13.2 Å². The average Bonchev–Trinajstić information content (AvgIpc) is 2.38. The topological polar surface area (TPSA) is 44.8 Å². The molecule has 0 aromatic heterocycles. The van der Waals surface area contributed by atoms with Crippen LogP contribution in [0.4, 0.5) is 0 Å². The van der Waals surface area contributed by atoms with E-state index in [9.17, 15) is 4.79 Å². The van der Waals surface area contributed by atoms with E-state index in [4.69, 9.17) is 14.2 Å². The zero-order valence-electron chi connectivity index (χ0n) is 12.3. The molecule has 0 saturated heterocycles. The smallest absolute Gasteiger partial charge is 0.303 e. The van der Waals surface area contributed by atoms with Crippen LogP contribution in [0.3, 0.4) is 0 Å². The van der Waals surface area contributed by atoms with Gasteiger partial charge in [-0.2, -0.15) is 0 Å². The molecule has 0 bridgehead atoms. The minimum atomic E-state index is -0.677. The lowest BCUT2D eigenvalue weighted by molar-refractivity contribution is -0.161. The summed E-state index contributed by atoms with van der Waals surface area (Å²) in [6.07, 6.45) is 1.37. The Balaban J connectivity index is 2.68. The molecule has 1 aromatic rings. The van der Waals surface area contributed by atoms with Gasteiger partial charge in [0.1, 0.15) is 11.4 Å². The number of rotatable bonds is 8. The second-order valence-electron chi connectivity index (χ2n) is 5.02. The first-order chi connectivity index (χ1) is 9.45. The monoisotopic (exact) mass is 278 g/mol. The summed E-state index contributed by atoms with van der Waals surface area (Å²) in [7, 11) is 0. The summed E-state index contributed by atoms with van der Waals surface area (Å²) in [6, 6.07) is 9.49. The van der Waals surface area contributed by atoms with Gasteiger partial charge in [0.15, 0.2) is 0 Å². The van der Waals surface area contributed by atoms with Crippen molar-refractivity contribution in [2.45, 2.75) is 26.4 Å². The van der Waals surface area contributed by atoms with Gasteiger partial charge in [-0.3, -0.25) is 4.79 Å². The number of esters is 1. The molecule has 110 valence electrons. The number of para-hydroxylation sites is 1. The molecule has 4 heteroatoms. The van der Waals surface area contributed by atoms with Crippen LogP contribution in [0.1, 0.15) is 20.8 Å². The van der Waals surface area contributed by atoms with Crippen LogP contribution in [-0.2, 0) is 14.3 Å². The zero-order chi connectivity index (χ0) is 15.0. The third-order valence-electron chi connectivity index (χ3n) is 3.00. The van der Waals surface area contributed by atoms with Gasteiger partial charge in [0, 0.05) is 6.92 Å². The minimum Gasteiger partial charge on any atom is -0.501 e. The summed E-state index contributed by atoms with van der Waals surface area (Å²) in [5.74, 6) is 0.345. The van der Waals surface area contributed by atoms with Crippen LogP contribution in [0, 0.1) is 5.92 Å². The number of carbonyl (C=O) groups is 1. The highest BCUT2D eigenvalue weighted by Gasteiger charge is 2.33. The lowest BCUT2D eigenvalue weighted by Crippen LogP contribution is -2.41. The lowest BCUT2D eigenvalue weighted by atomic mass is 9.92. The van der Waals surface area contributed by atoms with Gasteiger partial charge in [0.2, 0.25) is 0 Å². The van der Waals surface area contributed by atoms with Gasteiger partial charge >= 0.3 is 5.97 Å². The van der Waals surface area contributed by atoms with Crippen molar-refractivity contribution in [3.63, 3.8) is 0 Å². The normalized spacial score (nSPS) is 12.3. The summed E-state index contributed by atoms with van der Waals surface area (Å²) in [5.41, 5.74) is -0.677. The minimum absolute atomic E-state index is 0.107. The van der Waals surface area contributed by atoms with E-state index in [1.54, 1.807) is 0 Å². The fraction of sp³-hybridized carbons (Fsp3) is 0.438. The molecule has 0 fully saturated rings. The summed E-state index contributed by atoms with van der Waals surface area (Å²) < 4.78 is 16.3. The summed E-state index contributed by atoms with van der Waals surface area (Å²) >= 11 is 0. The van der Waals surface area contributed by atoms with Gasteiger partial charge in [-0.15, -0.1) is 0 Å². The van der Waals surface area contributed by atoms with Crippen molar-refractivity contribution >= 4 is 5.97 Å². The van der Waals surface area contributed by atoms with Gasteiger partial charge in [0.25, 0.3) is 0 Å². The molecule has 1 atom stereocenters. The van der Waals surface area contributed by atoms with E-state index in [2.05, 4.69) is 6.58 Å². The van der Waals surface area contributed by atoms with E-state index in [0.717, 1.165) is 5.75 Å². The first-order valence-corrected chi connectivity index (χ1v) is 6.55. The Hall–Kier alpha value is -1.97. The molecular weight excluding hydrogens is 256 g/mol. The standard InChI is InChI=1S/C16H22O4/c1-5-18-11-14(16(3,4)20-13(2)17)12-19-15-9-7-6-8-10-15/h5-10,14H,1,11-12H2,2-4H3. The van der Waals surface area contributed by atoms with Crippen LogP contribution in [0.2, 0.25) is 0 Å². The number of carbonyl (C=O) groups excluding carboxylic acids is 1. The molecule has 0 heterocycles. The molecule has 4 nitrogen and oxygen atoms in total. The van der Waals surface area contributed by atoms with Crippen molar-refractivity contribution in [2.24, 2.45) is 5.92 Å². The Bertz CT molecular complexity index is 425. The third kappa shape index (κ3) is 5.34. The largest absolute Gasteiger partial charge is 0.501 e. The molecule has 1 unspecified atom stereocenters. The Morgan fingerprint density at radius 2 is 1.95 bits per heavy atom. The van der Waals surface area contributed by atoms with Crippen molar-refractivity contribution in [1.29, 1.82) is 0 Å². The van der Waals surface area contributed by atoms with Crippen LogP contribution < -0.4 is 4.74 Å². The first-order valence-electron chi connectivity index (χ1n) is 6.55. The molecule has 0 spiro atoms. The molecule has 20 heavy (non-hydrogen) atoms. The lowest BCUT2D eigenvalue weighted by Gasteiger charge is -2.33. The quantitative estimate of drug-likeness (QED) is 0.541. The molecule has 1 rings (SSSR count). The van der Waals surface area contributed by atoms with E-state index < -0.39 is 5.60 Å². The Morgan fingerprint density at radius 1 is 1.30 bits per heavy atom. The first kappa shape index (κ1) is 16.1. The maximum atomic E-state index is 11.2. The fourth-order valence-electron chi connectivity index (χ4n) is 1.80. The zero-order valence-corrected chi connectivity index (χ0v) is 12.3. The molecule has 0 aliphatic rings. The summed E-state index contributed by atoms with van der Waals surface area (Å²) in [4.78, 5) is 11.2. The van der Waals surface area contributed by atoms with Crippen LogP contribution in [0.25, 0.3) is 0 Å². The fourth-order valence-corrected chi connectivity index (χ4v) is 1.80. The second-order valence-corrected chi connectivity index (χ2v) is 5.02. The van der Waals surface area contributed by atoms with E-state index in [1.807, 2.05) is 44.2 Å². The number of benzene rings is 1. The van der Waals surface area contributed by atoms with Crippen LogP contribution in [-0.4, -0.2) is 24.8 Å². The van der Waals surface area contributed by atoms with Crippen LogP contribution in [0.15, 0.2) is 43.2 Å². The van der Waals surface area contributed by atoms with Gasteiger partial charge in [-0.1, -0.05) is 24.8 Å². The van der Waals surface area contributed by atoms with E-state index in [-0.39, 0.29) is 11.9 Å². The second kappa shape index (κ2) is 7.58. The molecule has 0 aliphatic carbocycles. The SMILES string of the molecule is C=COCC(COc1ccccc1)C(C)(C)OC(C)=O. The average molecular weight is 278 g/mol. The number of hydrogen-bond donors (Lipinski definition) is 0. The Kier molecular flexibility index (Phi) is 6.10. The van der Waals surface area contributed by atoms with E-state index in [0.29, 0.717) is 13.2 Å². The third-order valence-corrected chi connectivity index (χ3v) is 3.00. The molecule has 1 aromatic carbocycles. The molecule has 0 amide bonds. The van der Waals surface area contributed by atoms with Gasteiger partial charge in [0.05, 0.1) is 25.4 Å². The van der Waals surface area contributed by atoms with Crippen LogP contribution in [0.5, 0.6) is 5.75 Å². The van der Waals surface area contributed by atoms with Gasteiger partial charge in [-0.25, -0.2) is 0 Å². The highest BCUT2D eigenvalue weighted by Crippen LogP contribution is 2.24. The Labute approximate surface area is 120 Å². The van der Waals surface area contributed by atoms with Gasteiger partial charge in [-0.05, 0) is 26.0 Å². The predicted octanol–water partition coefficient (Wildman–Crippen LogP) is 3.18. The van der Waals surface area contributed by atoms with Crippen molar-refractivity contribution in [2.75, 3.05) is 13.2 Å². The predicted molar refractivity (Wildman–Crippen MR) is 77.4 cm³/mol. The summed E-state index contributed by atoms with van der Waals surface area (Å²) in [6.45, 7) is 9.37.